The molecule has 72 valence electrons. The number of hydrogen-bond donors (Lipinski definition) is 0. The minimum atomic E-state index is 0.359. The third-order valence-electron chi connectivity index (χ3n) is 2.28. The van der Waals surface area contributed by atoms with Crippen molar-refractivity contribution in [1.82, 2.24) is 20.2 Å². The first-order chi connectivity index (χ1) is 6.27. The third kappa shape index (κ3) is 1.85. The summed E-state index contributed by atoms with van der Waals surface area (Å²) >= 11 is 1.82. The summed E-state index contributed by atoms with van der Waals surface area (Å²) in [6, 6.07) is 0.359. The van der Waals surface area contributed by atoms with Gasteiger partial charge in [0, 0.05) is 5.25 Å². The summed E-state index contributed by atoms with van der Waals surface area (Å²) in [6.45, 7) is 4.20. The van der Waals surface area contributed by atoms with Crippen LogP contribution in [0.2, 0.25) is 0 Å². The lowest BCUT2D eigenvalue weighted by Gasteiger charge is -2.23. The minimum absolute atomic E-state index is 0.359. The Morgan fingerprint density at radius 2 is 2.23 bits per heavy atom. The van der Waals surface area contributed by atoms with Crippen LogP contribution in [0.25, 0.3) is 0 Å². The second-order valence-electron chi connectivity index (χ2n) is 3.67. The summed E-state index contributed by atoms with van der Waals surface area (Å²) in [4.78, 5) is 0. The van der Waals surface area contributed by atoms with E-state index in [1.165, 1.54) is 19.3 Å². The Kier molecular flexibility index (Phi) is 2.53. The molecule has 0 spiro atoms. The predicted molar refractivity (Wildman–Crippen MR) is 51.7 cm³/mol. The maximum absolute atomic E-state index is 4.02. The Morgan fingerprint density at radius 1 is 1.46 bits per heavy atom. The van der Waals surface area contributed by atoms with Crippen LogP contribution in [0.5, 0.6) is 0 Å². The van der Waals surface area contributed by atoms with Crippen molar-refractivity contribution in [3.05, 3.63) is 0 Å². The lowest BCUT2D eigenvalue weighted by molar-refractivity contribution is 0.471. The molecule has 1 aromatic rings. The van der Waals surface area contributed by atoms with Gasteiger partial charge in [-0.05, 0) is 37.1 Å². The quantitative estimate of drug-likeness (QED) is 0.744. The molecule has 2 rings (SSSR count). The first-order valence-corrected chi connectivity index (χ1v) is 5.60. The highest BCUT2D eigenvalue weighted by Gasteiger charge is 2.22. The van der Waals surface area contributed by atoms with Crippen LogP contribution in [0.4, 0.5) is 0 Å². The van der Waals surface area contributed by atoms with Crippen molar-refractivity contribution >= 4 is 11.8 Å². The summed E-state index contributed by atoms with van der Waals surface area (Å²) in [7, 11) is 0. The van der Waals surface area contributed by atoms with E-state index < -0.39 is 0 Å². The van der Waals surface area contributed by atoms with Gasteiger partial charge in [-0.3, -0.25) is 0 Å². The van der Waals surface area contributed by atoms with Crippen molar-refractivity contribution in [1.29, 1.82) is 0 Å². The SMILES string of the molecule is CC(C)n1nnnc1SC1CCC1. The van der Waals surface area contributed by atoms with Crippen LogP contribution in [0, 0.1) is 0 Å². The molecule has 0 radical (unpaired) electrons. The van der Waals surface area contributed by atoms with Crippen molar-refractivity contribution in [2.45, 2.75) is 49.6 Å². The Labute approximate surface area is 82.1 Å². The highest BCUT2D eigenvalue weighted by atomic mass is 32.2. The summed E-state index contributed by atoms with van der Waals surface area (Å²) in [5.41, 5.74) is 0. The molecule has 0 atom stereocenters. The molecule has 1 aliphatic carbocycles. The number of rotatable bonds is 3. The van der Waals surface area contributed by atoms with Gasteiger partial charge in [0.05, 0.1) is 6.04 Å². The maximum atomic E-state index is 4.02. The van der Waals surface area contributed by atoms with Gasteiger partial charge in [0.15, 0.2) is 0 Å². The van der Waals surface area contributed by atoms with Gasteiger partial charge in [0.25, 0.3) is 0 Å². The molecule has 0 bridgehead atoms. The molecule has 0 unspecified atom stereocenters. The smallest absolute Gasteiger partial charge is 0.209 e. The van der Waals surface area contributed by atoms with Gasteiger partial charge in [0.1, 0.15) is 0 Å². The highest BCUT2D eigenvalue weighted by molar-refractivity contribution is 7.99. The molecule has 0 aromatic carbocycles. The average Bonchev–Trinajstić information content (AvgIpc) is 2.44. The largest absolute Gasteiger partial charge is 0.218 e. The van der Waals surface area contributed by atoms with E-state index in [9.17, 15) is 0 Å². The first-order valence-electron chi connectivity index (χ1n) is 4.72. The first kappa shape index (κ1) is 8.99. The molecular weight excluding hydrogens is 184 g/mol. The van der Waals surface area contributed by atoms with Crippen LogP contribution in [0.1, 0.15) is 39.2 Å². The Hall–Kier alpha value is -0.580. The van der Waals surface area contributed by atoms with Crippen molar-refractivity contribution in [3.63, 3.8) is 0 Å². The zero-order valence-corrected chi connectivity index (χ0v) is 8.79. The zero-order chi connectivity index (χ0) is 9.26. The summed E-state index contributed by atoms with van der Waals surface area (Å²) < 4.78 is 1.89. The topological polar surface area (TPSA) is 43.6 Å². The van der Waals surface area contributed by atoms with Crippen LogP contribution in [-0.4, -0.2) is 25.5 Å². The van der Waals surface area contributed by atoms with E-state index in [2.05, 4.69) is 29.4 Å². The molecule has 1 aromatic heterocycles. The van der Waals surface area contributed by atoms with Crippen molar-refractivity contribution in [2.75, 3.05) is 0 Å². The average molecular weight is 198 g/mol. The van der Waals surface area contributed by atoms with Gasteiger partial charge < -0.3 is 0 Å². The molecule has 1 saturated carbocycles. The van der Waals surface area contributed by atoms with E-state index >= 15 is 0 Å². The summed E-state index contributed by atoms with van der Waals surface area (Å²) in [5.74, 6) is 0. The van der Waals surface area contributed by atoms with Crippen molar-refractivity contribution in [2.24, 2.45) is 0 Å². The molecule has 0 amide bonds. The molecule has 4 nitrogen and oxygen atoms in total. The van der Waals surface area contributed by atoms with E-state index in [-0.39, 0.29) is 0 Å². The molecule has 0 N–H and O–H groups in total. The second kappa shape index (κ2) is 3.65. The molecule has 1 heterocycles. The van der Waals surface area contributed by atoms with E-state index in [0.717, 1.165) is 10.4 Å². The van der Waals surface area contributed by atoms with E-state index in [1.54, 1.807) is 0 Å². The Morgan fingerprint density at radius 3 is 2.77 bits per heavy atom. The van der Waals surface area contributed by atoms with Gasteiger partial charge in [-0.25, -0.2) is 4.68 Å². The fourth-order valence-electron chi connectivity index (χ4n) is 1.22. The van der Waals surface area contributed by atoms with Gasteiger partial charge in [-0.1, -0.05) is 18.2 Å². The summed E-state index contributed by atoms with van der Waals surface area (Å²) in [6.07, 6.45) is 3.99. The number of tetrazole rings is 1. The van der Waals surface area contributed by atoms with E-state index in [0.29, 0.717) is 6.04 Å². The van der Waals surface area contributed by atoms with Crippen LogP contribution < -0.4 is 0 Å². The van der Waals surface area contributed by atoms with Crippen molar-refractivity contribution < 1.29 is 0 Å². The Bertz CT molecular complexity index is 279. The molecular formula is C8H14N4S. The lowest BCUT2D eigenvalue weighted by Crippen LogP contribution is -2.15. The van der Waals surface area contributed by atoms with Gasteiger partial charge in [-0.2, -0.15) is 0 Å². The number of aromatic nitrogens is 4. The Balaban J connectivity index is 2.05. The number of hydrogen-bond acceptors (Lipinski definition) is 4. The molecule has 0 aliphatic heterocycles. The monoisotopic (exact) mass is 198 g/mol. The maximum Gasteiger partial charge on any atom is 0.209 e. The molecule has 1 aliphatic rings. The fourth-order valence-corrected chi connectivity index (χ4v) is 2.53. The van der Waals surface area contributed by atoms with E-state index in [4.69, 9.17) is 0 Å². The lowest BCUT2D eigenvalue weighted by atomic mass is 10.0. The van der Waals surface area contributed by atoms with Crippen LogP contribution in [0.15, 0.2) is 5.16 Å². The zero-order valence-electron chi connectivity index (χ0n) is 7.97. The van der Waals surface area contributed by atoms with Crippen LogP contribution in [0.3, 0.4) is 0 Å². The summed E-state index contributed by atoms with van der Waals surface area (Å²) in [5, 5.41) is 13.4. The third-order valence-corrected chi connectivity index (χ3v) is 3.56. The van der Waals surface area contributed by atoms with Crippen LogP contribution >= 0.6 is 11.8 Å². The van der Waals surface area contributed by atoms with E-state index in [1.807, 2.05) is 16.4 Å². The highest BCUT2D eigenvalue weighted by Crippen LogP contribution is 2.35. The molecule has 1 fully saturated rings. The van der Waals surface area contributed by atoms with Gasteiger partial charge in [-0.15, -0.1) is 5.10 Å². The minimum Gasteiger partial charge on any atom is -0.218 e. The molecule has 0 saturated heterocycles. The normalized spacial score (nSPS) is 17.8. The molecule has 13 heavy (non-hydrogen) atoms. The van der Waals surface area contributed by atoms with Gasteiger partial charge in [0.2, 0.25) is 5.16 Å². The van der Waals surface area contributed by atoms with Crippen molar-refractivity contribution in [3.8, 4) is 0 Å². The number of thioether (sulfide) groups is 1. The van der Waals surface area contributed by atoms with Gasteiger partial charge >= 0.3 is 0 Å². The molecule has 5 heteroatoms. The standard InChI is InChI=1S/C8H14N4S/c1-6(2)12-8(9-10-11-12)13-7-4-3-5-7/h6-7H,3-5H2,1-2H3. The van der Waals surface area contributed by atoms with Crippen LogP contribution in [-0.2, 0) is 0 Å². The predicted octanol–water partition coefficient (Wildman–Crippen LogP) is 1.90. The number of nitrogens with zero attached hydrogens (tertiary/aromatic N) is 4. The fraction of sp³-hybridized carbons (Fsp3) is 0.875. The second-order valence-corrected chi connectivity index (χ2v) is 4.94.